The molecule has 4 rings (SSSR count). The monoisotopic (exact) mass is 388 g/mol. The molecule has 0 amide bonds. The number of aryl methyl sites for hydroxylation is 1. The van der Waals surface area contributed by atoms with Gasteiger partial charge in [0.25, 0.3) is 0 Å². The number of aromatic nitrogens is 1. The van der Waals surface area contributed by atoms with Crippen LogP contribution in [0.1, 0.15) is 23.6 Å². The molecule has 1 aliphatic heterocycles. The quantitative estimate of drug-likeness (QED) is 0.731. The highest BCUT2D eigenvalue weighted by molar-refractivity contribution is 7.99. The first kappa shape index (κ1) is 17.5. The van der Waals surface area contributed by atoms with E-state index in [-0.39, 0.29) is 10.7 Å². The molecule has 0 aliphatic carbocycles. The fourth-order valence-corrected chi connectivity index (χ4v) is 5.81. The zero-order valence-corrected chi connectivity index (χ0v) is 15.7. The Bertz CT molecular complexity index is 1100. The summed E-state index contributed by atoms with van der Waals surface area (Å²) in [5.41, 5.74) is 2.28. The molecule has 2 heterocycles. The second kappa shape index (κ2) is 6.64. The van der Waals surface area contributed by atoms with Crippen LogP contribution in [-0.2, 0) is 10.0 Å². The lowest BCUT2D eigenvalue weighted by Gasteiger charge is -2.26. The van der Waals surface area contributed by atoms with Gasteiger partial charge in [0.1, 0.15) is 5.82 Å². The number of fused-ring (bicyclic) bond motifs is 2. The lowest BCUT2D eigenvalue weighted by molar-refractivity contribution is 0.542. The van der Waals surface area contributed by atoms with Gasteiger partial charge in [-0.2, -0.15) is 0 Å². The van der Waals surface area contributed by atoms with Crippen LogP contribution >= 0.6 is 11.8 Å². The summed E-state index contributed by atoms with van der Waals surface area (Å²) >= 11 is 1.62. The summed E-state index contributed by atoms with van der Waals surface area (Å²) in [6, 6.07) is 10.9. The lowest BCUT2D eigenvalue weighted by atomic mass is 10.0. The van der Waals surface area contributed by atoms with Crippen molar-refractivity contribution >= 4 is 32.7 Å². The van der Waals surface area contributed by atoms with E-state index < -0.39 is 16.1 Å². The molecule has 1 atom stereocenters. The molecule has 0 spiro atoms. The van der Waals surface area contributed by atoms with Crippen LogP contribution in [0.4, 0.5) is 4.39 Å². The molecule has 26 heavy (non-hydrogen) atoms. The van der Waals surface area contributed by atoms with E-state index in [1.165, 1.54) is 12.1 Å². The molecule has 0 saturated heterocycles. The zero-order chi connectivity index (χ0) is 18.3. The third-order valence-corrected chi connectivity index (χ3v) is 7.18. The van der Waals surface area contributed by atoms with Crippen molar-refractivity contribution in [2.24, 2.45) is 0 Å². The SMILES string of the molecule is Cc1ccc(S(=O)(=O)NC2CCSc3ccc(F)cc32)c2cccnc12. The number of rotatable bonds is 3. The second-order valence-corrected chi connectivity index (χ2v) is 9.09. The van der Waals surface area contributed by atoms with Gasteiger partial charge in [-0.1, -0.05) is 6.07 Å². The normalized spacial score (nSPS) is 17.2. The number of thioether (sulfide) groups is 1. The predicted octanol–water partition coefficient (Wildman–Crippen LogP) is 4.20. The maximum Gasteiger partial charge on any atom is 0.241 e. The Morgan fingerprint density at radius 3 is 2.92 bits per heavy atom. The Hall–Kier alpha value is -1.96. The Morgan fingerprint density at radius 2 is 2.08 bits per heavy atom. The van der Waals surface area contributed by atoms with E-state index in [0.29, 0.717) is 22.9 Å². The molecular formula is C19H17FN2O2S2. The maximum absolute atomic E-state index is 13.7. The first-order valence-electron chi connectivity index (χ1n) is 8.24. The molecule has 0 fully saturated rings. The topological polar surface area (TPSA) is 59.1 Å². The van der Waals surface area contributed by atoms with Gasteiger partial charge in [-0.05, 0) is 66.6 Å². The summed E-state index contributed by atoms with van der Waals surface area (Å²) in [7, 11) is -3.78. The number of pyridine rings is 1. The highest BCUT2D eigenvalue weighted by Gasteiger charge is 2.27. The molecule has 1 N–H and O–H groups in total. The molecule has 4 nitrogen and oxygen atoms in total. The van der Waals surface area contributed by atoms with Crippen LogP contribution in [0.25, 0.3) is 10.9 Å². The summed E-state index contributed by atoms with van der Waals surface area (Å²) in [4.78, 5) is 5.42. The first-order chi connectivity index (χ1) is 12.5. The Labute approximate surface area is 155 Å². The molecular weight excluding hydrogens is 371 g/mol. The van der Waals surface area contributed by atoms with Gasteiger partial charge in [-0.3, -0.25) is 4.98 Å². The van der Waals surface area contributed by atoms with E-state index in [1.807, 2.05) is 6.92 Å². The second-order valence-electron chi connectivity index (χ2n) is 6.27. The standard InChI is InChI=1S/C19H17FN2O2S2/c1-12-4-7-18(14-3-2-9-21-19(12)14)26(23,24)22-16-8-10-25-17-6-5-13(20)11-15(16)17/h2-7,9,11,16,22H,8,10H2,1H3. The fraction of sp³-hybridized carbons (Fsp3) is 0.211. The summed E-state index contributed by atoms with van der Waals surface area (Å²) in [5, 5.41) is 0.588. The molecule has 1 unspecified atom stereocenters. The molecule has 1 aromatic heterocycles. The van der Waals surface area contributed by atoms with Gasteiger partial charge in [0.05, 0.1) is 10.4 Å². The summed E-state index contributed by atoms with van der Waals surface area (Å²) in [6.45, 7) is 1.90. The van der Waals surface area contributed by atoms with Crippen molar-refractivity contribution in [3.63, 3.8) is 0 Å². The van der Waals surface area contributed by atoms with E-state index in [9.17, 15) is 12.8 Å². The maximum atomic E-state index is 13.7. The molecule has 1 aliphatic rings. The van der Waals surface area contributed by atoms with Crippen molar-refractivity contribution in [2.75, 3.05) is 5.75 Å². The molecule has 134 valence electrons. The van der Waals surface area contributed by atoms with Crippen molar-refractivity contribution in [3.8, 4) is 0 Å². The highest BCUT2D eigenvalue weighted by Crippen LogP contribution is 2.37. The summed E-state index contributed by atoms with van der Waals surface area (Å²) in [6.07, 6.45) is 2.26. The van der Waals surface area contributed by atoms with Gasteiger partial charge in [-0.15, -0.1) is 11.8 Å². The molecule has 2 aromatic carbocycles. The van der Waals surface area contributed by atoms with Crippen molar-refractivity contribution < 1.29 is 12.8 Å². The fourth-order valence-electron chi connectivity index (χ4n) is 3.26. The van der Waals surface area contributed by atoms with Gasteiger partial charge >= 0.3 is 0 Å². The van der Waals surface area contributed by atoms with E-state index in [0.717, 1.165) is 16.2 Å². The Morgan fingerprint density at radius 1 is 1.23 bits per heavy atom. The minimum Gasteiger partial charge on any atom is -0.256 e. The number of hydrogen-bond acceptors (Lipinski definition) is 4. The number of benzene rings is 2. The highest BCUT2D eigenvalue weighted by atomic mass is 32.2. The Kier molecular flexibility index (Phi) is 4.46. The van der Waals surface area contributed by atoms with Crippen LogP contribution in [0, 0.1) is 12.7 Å². The van der Waals surface area contributed by atoms with Crippen LogP contribution < -0.4 is 4.72 Å². The number of halogens is 1. The first-order valence-corrected chi connectivity index (χ1v) is 10.7. The molecule has 0 radical (unpaired) electrons. The van der Waals surface area contributed by atoms with E-state index in [1.54, 1.807) is 48.3 Å². The minimum atomic E-state index is -3.78. The number of nitrogens with one attached hydrogen (secondary N) is 1. The number of nitrogens with zero attached hydrogens (tertiary/aromatic N) is 1. The lowest BCUT2D eigenvalue weighted by Crippen LogP contribution is -2.31. The number of sulfonamides is 1. The van der Waals surface area contributed by atoms with Crippen LogP contribution in [0.3, 0.4) is 0 Å². The third kappa shape index (κ3) is 3.11. The zero-order valence-electron chi connectivity index (χ0n) is 14.1. The molecule has 0 saturated carbocycles. The van der Waals surface area contributed by atoms with E-state index in [2.05, 4.69) is 9.71 Å². The van der Waals surface area contributed by atoms with E-state index >= 15 is 0 Å². The van der Waals surface area contributed by atoms with Gasteiger partial charge in [0.2, 0.25) is 10.0 Å². The van der Waals surface area contributed by atoms with Gasteiger partial charge in [0, 0.05) is 22.5 Å². The molecule has 3 aromatic rings. The van der Waals surface area contributed by atoms with Crippen LogP contribution in [0.15, 0.2) is 58.5 Å². The van der Waals surface area contributed by atoms with Gasteiger partial charge in [0.15, 0.2) is 0 Å². The van der Waals surface area contributed by atoms with Crippen molar-refractivity contribution in [1.82, 2.24) is 9.71 Å². The van der Waals surface area contributed by atoms with Crippen molar-refractivity contribution in [2.45, 2.75) is 29.2 Å². The molecule has 7 heteroatoms. The van der Waals surface area contributed by atoms with Crippen LogP contribution in [0.2, 0.25) is 0 Å². The third-order valence-electron chi connectivity index (χ3n) is 4.53. The smallest absolute Gasteiger partial charge is 0.241 e. The van der Waals surface area contributed by atoms with Crippen LogP contribution in [0.5, 0.6) is 0 Å². The van der Waals surface area contributed by atoms with E-state index in [4.69, 9.17) is 0 Å². The summed E-state index contributed by atoms with van der Waals surface area (Å²) < 4.78 is 42.6. The van der Waals surface area contributed by atoms with Crippen molar-refractivity contribution in [1.29, 1.82) is 0 Å². The van der Waals surface area contributed by atoms with Gasteiger partial charge in [-0.25, -0.2) is 17.5 Å². The van der Waals surface area contributed by atoms with Gasteiger partial charge < -0.3 is 0 Å². The minimum absolute atomic E-state index is 0.197. The molecule has 0 bridgehead atoms. The average Bonchev–Trinajstić information content (AvgIpc) is 2.62. The average molecular weight is 388 g/mol. The largest absolute Gasteiger partial charge is 0.256 e. The van der Waals surface area contributed by atoms with Crippen LogP contribution in [-0.4, -0.2) is 19.2 Å². The van der Waals surface area contributed by atoms with Crippen molar-refractivity contribution in [3.05, 3.63) is 65.6 Å². The Balaban J connectivity index is 1.76. The predicted molar refractivity (Wildman–Crippen MR) is 101 cm³/mol. The summed E-state index contributed by atoms with van der Waals surface area (Å²) in [5.74, 6) is 0.419. The number of hydrogen-bond donors (Lipinski definition) is 1.